The van der Waals surface area contributed by atoms with Crippen LogP contribution >= 0.6 is 0 Å². The fraction of sp³-hybridized carbons (Fsp3) is 0. The predicted octanol–water partition coefficient (Wildman–Crippen LogP) is 3.58. The maximum absolute atomic E-state index is 13.0. The first-order chi connectivity index (χ1) is 8.72. The lowest BCUT2D eigenvalue weighted by Crippen LogP contribution is -1.87. The van der Waals surface area contributed by atoms with Gasteiger partial charge in [-0.3, -0.25) is 9.97 Å². The highest BCUT2D eigenvalue weighted by molar-refractivity contribution is 5.82. The molecular formula is C14H8F2N2. The van der Waals surface area contributed by atoms with E-state index >= 15 is 0 Å². The van der Waals surface area contributed by atoms with Crippen molar-refractivity contribution in [3.63, 3.8) is 0 Å². The molecule has 0 radical (unpaired) electrons. The molecule has 0 saturated carbocycles. The number of hydrogen-bond donors (Lipinski definition) is 0. The van der Waals surface area contributed by atoms with Gasteiger partial charge in [0, 0.05) is 23.2 Å². The van der Waals surface area contributed by atoms with Crippen LogP contribution in [0, 0.1) is 11.6 Å². The van der Waals surface area contributed by atoms with Gasteiger partial charge in [-0.05, 0) is 30.3 Å². The van der Waals surface area contributed by atoms with Gasteiger partial charge in [0.2, 0.25) is 0 Å². The minimum atomic E-state index is -0.380. The van der Waals surface area contributed by atoms with Gasteiger partial charge in [0.15, 0.2) is 0 Å². The number of nitrogens with zero attached hydrogens (tertiary/aromatic N) is 2. The van der Waals surface area contributed by atoms with E-state index in [1.165, 1.54) is 18.2 Å². The summed E-state index contributed by atoms with van der Waals surface area (Å²) in [6.07, 6.45) is 2.76. The molecule has 0 fully saturated rings. The predicted molar refractivity (Wildman–Crippen MR) is 64.9 cm³/mol. The molecule has 0 aliphatic rings. The number of fused-ring (bicyclic) bond motifs is 1. The number of hydrogen-bond acceptors (Lipinski definition) is 2. The van der Waals surface area contributed by atoms with Gasteiger partial charge in [0.1, 0.15) is 11.6 Å². The standard InChI is InChI=1S/C14H8F2N2/c15-11-2-1-9-5-10(7-17-14(9)6-11)13-4-3-12(16)8-18-13/h1-8H. The van der Waals surface area contributed by atoms with E-state index in [1.54, 1.807) is 18.3 Å². The molecule has 3 aromatic rings. The summed E-state index contributed by atoms with van der Waals surface area (Å²) in [5.41, 5.74) is 1.99. The number of halogens is 2. The second kappa shape index (κ2) is 4.14. The monoisotopic (exact) mass is 242 g/mol. The number of pyridine rings is 2. The Hall–Kier alpha value is -2.36. The zero-order valence-electron chi connectivity index (χ0n) is 9.27. The van der Waals surface area contributed by atoms with Crippen LogP contribution in [-0.2, 0) is 0 Å². The third kappa shape index (κ3) is 1.93. The van der Waals surface area contributed by atoms with E-state index in [-0.39, 0.29) is 11.6 Å². The van der Waals surface area contributed by atoms with E-state index in [1.807, 2.05) is 6.07 Å². The van der Waals surface area contributed by atoms with Crippen molar-refractivity contribution in [2.24, 2.45) is 0 Å². The van der Waals surface area contributed by atoms with E-state index in [0.717, 1.165) is 17.1 Å². The summed E-state index contributed by atoms with van der Waals surface area (Å²) >= 11 is 0. The second-order valence-corrected chi connectivity index (χ2v) is 3.92. The highest BCUT2D eigenvalue weighted by Crippen LogP contribution is 2.21. The molecule has 0 bridgehead atoms. The molecule has 1 aromatic carbocycles. The van der Waals surface area contributed by atoms with Crippen LogP contribution in [0.3, 0.4) is 0 Å². The van der Waals surface area contributed by atoms with Crippen molar-refractivity contribution >= 4 is 10.9 Å². The molecule has 0 N–H and O–H groups in total. The quantitative estimate of drug-likeness (QED) is 0.651. The first-order valence-corrected chi connectivity index (χ1v) is 5.39. The lowest BCUT2D eigenvalue weighted by atomic mass is 10.1. The van der Waals surface area contributed by atoms with Crippen molar-refractivity contribution in [3.05, 3.63) is 60.4 Å². The zero-order chi connectivity index (χ0) is 12.5. The number of benzene rings is 1. The Kier molecular flexibility index (Phi) is 2.48. The Morgan fingerprint density at radius 3 is 2.39 bits per heavy atom. The van der Waals surface area contributed by atoms with Gasteiger partial charge in [0.25, 0.3) is 0 Å². The molecule has 0 aliphatic carbocycles. The number of aromatic nitrogens is 2. The Morgan fingerprint density at radius 1 is 0.778 bits per heavy atom. The van der Waals surface area contributed by atoms with Gasteiger partial charge < -0.3 is 0 Å². The molecule has 2 aromatic heterocycles. The van der Waals surface area contributed by atoms with Crippen molar-refractivity contribution in [2.45, 2.75) is 0 Å². The first kappa shape index (κ1) is 10.8. The van der Waals surface area contributed by atoms with Crippen molar-refractivity contribution in [1.29, 1.82) is 0 Å². The van der Waals surface area contributed by atoms with E-state index < -0.39 is 0 Å². The molecule has 18 heavy (non-hydrogen) atoms. The molecule has 0 unspecified atom stereocenters. The third-order valence-electron chi connectivity index (χ3n) is 2.67. The molecular weight excluding hydrogens is 234 g/mol. The Labute approximate surface area is 102 Å². The molecule has 0 saturated heterocycles. The summed E-state index contributed by atoms with van der Waals surface area (Å²) in [5.74, 6) is -0.697. The summed E-state index contributed by atoms with van der Waals surface area (Å²) in [7, 11) is 0. The third-order valence-corrected chi connectivity index (χ3v) is 2.67. The first-order valence-electron chi connectivity index (χ1n) is 5.39. The molecule has 0 spiro atoms. The van der Waals surface area contributed by atoms with Crippen LogP contribution in [0.4, 0.5) is 8.78 Å². The number of rotatable bonds is 1. The van der Waals surface area contributed by atoms with Crippen LogP contribution in [0.5, 0.6) is 0 Å². The molecule has 2 heterocycles. The minimum absolute atomic E-state index is 0.317. The lowest BCUT2D eigenvalue weighted by Gasteiger charge is -2.02. The molecule has 88 valence electrons. The Bertz CT molecular complexity index is 709. The van der Waals surface area contributed by atoms with Crippen LogP contribution in [0.25, 0.3) is 22.2 Å². The second-order valence-electron chi connectivity index (χ2n) is 3.92. The maximum Gasteiger partial charge on any atom is 0.141 e. The molecule has 3 rings (SSSR count). The lowest BCUT2D eigenvalue weighted by molar-refractivity contribution is 0.622. The van der Waals surface area contributed by atoms with Crippen LogP contribution in [0.2, 0.25) is 0 Å². The van der Waals surface area contributed by atoms with Gasteiger partial charge in [-0.15, -0.1) is 0 Å². The molecule has 0 amide bonds. The van der Waals surface area contributed by atoms with Crippen LogP contribution < -0.4 is 0 Å². The van der Waals surface area contributed by atoms with E-state index in [4.69, 9.17) is 0 Å². The van der Waals surface area contributed by atoms with Gasteiger partial charge >= 0.3 is 0 Å². The molecule has 2 nitrogen and oxygen atoms in total. The summed E-state index contributed by atoms with van der Waals surface area (Å²) in [5, 5.41) is 0.819. The maximum atomic E-state index is 13.0. The highest BCUT2D eigenvalue weighted by Gasteiger charge is 2.03. The summed E-state index contributed by atoms with van der Waals surface area (Å²) in [6, 6.07) is 9.19. The van der Waals surface area contributed by atoms with Crippen molar-refractivity contribution in [1.82, 2.24) is 9.97 Å². The summed E-state index contributed by atoms with van der Waals surface area (Å²) in [4.78, 5) is 8.15. The van der Waals surface area contributed by atoms with Crippen molar-refractivity contribution in [3.8, 4) is 11.3 Å². The van der Waals surface area contributed by atoms with Crippen LogP contribution in [0.1, 0.15) is 0 Å². The molecule has 0 aliphatic heterocycles. The fourth-order valence-corrected chi connectivity index (χ4v) is 1.78. The smallest absolute Gasteiger partial charge is 0.141 e. The highest BCUT2D eigenvalue weighted by atomic mass is 19.1. The Balaban J connectivity index is 2.13. The van der Waals surface area contributed by atoms with Crippen molar-refractivity contribution < 1.29 is 8.78 Å². The zero-order valence-corrected chi connectivity index (χ0v) is 9.27. The van der Waals surface area contributed by atoms with E-state index in [0.29, 0.717) is 11.2 Å². The van der Waals surface area contributed by atoms with Crippen LogP contribution in [-0.4, -0.2) is 9.97 Å². The summed E-state index contributed by atoms with van der Waals surface area (Å²) < 4.78 is 25.8. The van der Waals surface area contributed by atoms with Gasteiger partial charge in [0.05, 0.1) is 17.4 Å². The van der Waals surface area contributed by atoms with Crippen LogP contribution in [0.15, 0.2) is 48.8 Å². The average molecular weight is 242 g/mol. The fourth-order valence-electron chi connectivity index (χ4n) is 1.78. The topological polar surface area (TPSA) is 25.8 Å². The van der Waals surface area contributed by atoms with Gasteiger partial charge in [-0.25, -0.2) is 8.78 Å². The largest absolute Gasteiger partial charge is 0.255 e. The van der Waals surface area contributed by atoms with Gasteiger partial charge in [-0.2, -0.15) is 0 Å². The van der Waals surface area contributed by atoms with E-state index in [9.17, 15) is 8.78 Å². The molecule has 4 heteroatoms. The minimum Gasteiger partial charge on any atom is -0.255 e. The molecule has 0 atom stereocenters. The SMILES string of the molecule is Fc1ccc(-c2cnc3cc(F)ccc3c2)nc1. The van der Waals surface area contributed by atoms with Gasteiger partial charge in [-0.1, -0.05) is 0 Å². The van der Waals surface area contributed by atoms with E-state index in [2.05, 4.69) is 9.97 Å². The van der Waals surface area contributed by atoms with Crippen molar-refractivity contribution in [2.75, 3.05) is 0 Å². The summed E-state index contributed by atoms with van der Waals surface area (Å²) in [6.45, 7) is 0. The Morgan fingerprint density at radius 2 is 1.61 bits per heavy atom. The average Bonchev–Trinajstić information content (AvgIpc) is 2.39. The normalized spacial score (nSPS) is 10.8.